The first-order valence-electron chi connectivity index (χ1n) is 8.94. The van der Waals surface area contributed by atoms with Crippen molar-refractivity contribution >= 4 is 0 Å². The number of nitrogens with zero attached hydrogens (tertiary/aromatic N) is 1. The van der Waals surface area contributed by atoms with Crippen LogP contribution in [0.2, 0.25) is 0 Å². The highest BCUT2D eigenvalue weighted by Crippen LogP contribution is 2.31. The van der Waals surface area contributed by atoms with Gasteiger partial charge in [0.15, 0.2) is 0 Å². The molecule has 4 atom stereocenters. The van der Waals surface area contributed by atoms with Crippen molar-refractivity contribution in [2.45, 2.75) is 82.5 Å². The first kappa shape index (κ1) is 14.8. The third kappa shape index (κ3) is 3.55. The van der Waals surface area contributed by atoms with Crippen LogP contribution in [0.15, 0.2) is 0 Å². The topological polar surface area (TPSA) is 27.3 Å². The molecule has 0 amide bonds. The zero-order valence-electron chi connectivity index (χ0n) is 13.4. The molecule has 2 aliphatic carbocycles. The van der Waals surface area contributed by atoms with E-state index in [1.165, 1.54) is 64.5 Å². The summed E-state index contributed by atoms with van der Waals surface area (Å²) < 4.78 is 0. The number of hydrogen-bond donors (Lipinski definition) is 2. The van der Waals surface area contributed by atoms with Crippen molar-refractivity contribution in [2.24, 2.45) is 5.92 Å². The molecule has 0 aromatic heterocycles. The Morgan fingerprint density at radius 2 is 1.90 bits per heavy atom. The van der Waals surface area contributed by atoms with Crippen LogP contribution in [0.1, 0.15) is 58.3 Å². The lowest BCUT2D eigenvalue weighted by Gasteiger charge is -2.37. The van der Waals surface area contributed by atoms with E-state index < -0.39 is 0 Å². The summed E-state index contributed by atoms with van der Waals surface area (Å²) in [5.74, 6) is 0.879. The quantitative estimate of drug-likeness (QED) is 0.781. The van der Waals surface area contributed by atoms with Gasteiger partial charge in [-0.15, -0.1) is 0 Å². The van der Waals surface area contributed by atoms with Gasteiger partial charge in [-0.05, 0) is 65.0 Å². The normalized spacial score (nSPS) is 36.5. The largest absolute Gasteiger partial charge is 0.314 e. The minimum Gasteiger partial charge on any atom is -0.314 e. The maximum atomic E-state index is 3.93. The van der Waals surface area contributed by atoms with Crippen molar-refractivity contribution in [3.63, 3.8) is 0 Å². The van der Waals surface area contributed by atoms with Crippen LogP contribution in [0.4, 0.5) is 0 Å². The lowest BCUT2D eigenvalue weighted by molar-refractivity contribution is 0.186. The second kappa shape index (κ2) is 6.76. The van der Waals surface area contributed by atoms with Gasteiger partial charge in [-0.3, -0.25) is 4.90 Å². The Balaban J connectivity index is 1.48. The molecule has 3 heteroatoms. The van der Waals surface area contributed by atoms with E-state index in [-0.39, 0.29) is 0 Å². The zero-order valence-corrected chi connectivity index (χ0v) is 13.4. The van der Waals surface area contributed by atoms with E-state index in [0.717, 1.165) is 24.0 Å². The van der Waals surface area contributed by atoms with E-state index in [0.29, 0.717) is 6.04 Å². The number of hydrogen-bond acceptors (Lipinski definition) is 3. The second-order valence-electron chi connectivity index (χ2n) is 7.41. The molecule has 0 bridgehead atoms. The predicted molar refractivity (Wildman–Crippen MR) is 85.0 cm³/mol. The molecule has 3 fully saturated rings. The van der Waals surface area contributed by atoms with E-state index in [9.17, 15) is 0 Å². The van der Waals surface area contributed by atoms with Crippen LogP contribution in [0, 0.1) is 5.92 Å². The summed E-state index contributed by atoms with van der Waals surface area (Å²) in [4.78, 5) is 2.58. The van der Waals surface area contributed by atoms with Gasteiger partial charge >= 0.3 is 0 Å². The molecule has 0 spiro atoms. The molecular weight excluding hydrogens is 246 g/mol. The Bertz CT molecular complexity index is 297. The predicted octanol–water partition coefficient (Wildman–Crippen LogP) is 2.37. The van der Waals surface area contributed by atoms with E-state index in [1.54, 1.807) is 0 Å². The summed E-state index contributed by atoms with van der Waals surface area (Å²) in [5.41, 5.74) is 0. The van der Waals surface area contributed by atoms with Crippen LogP contribution in [-0.4, -0.2) is 49.2 Å². The molecule has 0 aromatic rings. The molecule has 1 heterocycles. The summed E-state index contributed by atoms with van der Waals surface area (Å²) in [7, 11) is 2.31. The molecule has 0 radical (unpaired) electrons. The van der Waals surface area contributed by atoms with Crippen LogP contribution in [-0.2, 0) is 0 Å². The molecule has 4 unspecified atom stereocenters. The first-order valence-corrected chi connectivity index (χ1v) is 8.94. The van der Waals surface area contributed by atoms with Gasteiger partial charge in [0.05, 0.1) is 0 Å². The minimum absolute atomic E-state index is 0.682. The molecule has 0 aromatic carbocycles. The lowest BCUT2D eigenvalue weighted by Crippen LogP contribution is -2.50. The third-order valence-corrected chi connectivity index (χ3v) is 5.93. The molecule has 3 nitrogen and oxygen atoms in total. The minimum atomic E-state index is 0.682. The van der Waals surface area contributed by atoms with E-state index in [2.05, 4.69) is 29.5 Å². The fourth-order valence-corrected chi connectivity index (χ4v) is 4.28. The highest BCUT2D eigenvalue weighted by atomic mass is 15.2. The molecule has 2 N–H and O–H groups in total. The Kier molecular flexibility index (Phi) is 5.00. The van der Waals surface area contributed by atoms with E-state index in [4.69, 9.17) is 0 Å². The standard InChI is InChI=1S/C17H33N3/c1-13(20(2)14-9-10-14)12-19-17-7-4-3-6-15(17)16-8-5-11-18-16/h13-19H,3-12H2,1-2H3. The first-order chi connectivity index (χ1) is 9.75. The molecule has 116 valence electrons. The maximum absolute atomic E-state index is 3.93. The van der Waals surface area contributed by atoms with Crippen molar-refractivity contribution in [3.05, 3.63) is 0 Å². The monoisotopic (exact) mass is 279 g/mol. The van der Waals surface area contributed by atoms with Crippen LogP contribution in [0.5, 0.6) is 0 Å². The van der Waals surface area contributed by atoms with E-state index in [1.807, 2.05) is 0 Å². The van der Waals surface area contributed by atoms with Crippen molar-refractivity contribution in [1.29, 1.82) is 0 Å². The van der Waals surface area contributed by atoms with Gasteiger partial charge in [0.25, 0.3) is 0 Å². The Morgan fingerprint density at radius 3 is 2.60 bits per heavy atom. The van der Waals surface area contributed by atoms with Crippen LogP contribution < -0.4 is 10.6 Å². The molecule has 1 saturated heterocycles. The summed E-state index contributed by atoms with van der Waals surface area (Å²) in [5, 5.41) is 7.67. The highest BCUT2D eigenvalue weighted by Gasteiger charge is 2.34. The summed E-state index contributed by atoms with van der Waals surface area (Å²) in [6, 6.07) is 3.12. The Morgan fingerprint density at radius 1 is 1.10 bits per heavy atom. The van der Waals surface area contributed by atoms with Crippen LogP contribution in [0.3, 0.4) is 0 Å². The van der Waals surface area contributed by atoms with Crippen molar-refractivity contribution in [1.82, 2.24) is 15.5 Å². The van der Waals surface area contributed by atoms with Gasteiger partial charge in [-0.25, -0.2) is 0 Å². The van der Waals surface area contributed by atoms with Crippen molar-refractivity contribution in [3.8, 4) is 0 Å². The zero-order chi connectivity index (χ0) is 13.9. The average Bonchev–Trinajstić information content (AvgIpc) is 3.19. The van der Waals surface area contributed by atoms with Crippen molar-refractivity contribution in [2.75, 3.05) is 20.1 Å². The fourth-order valence-electron chi connectivity index (χ4n) is 4.28. The van der Waals surface area contributed by atoms with Gasteiger partial charge in [-0.1, -0.05) is 12.8 Å². The molecule has 3 rings (SSSR count). The van der Waals surface area contributed by atoms with Gasteiger partial charge < -0.3 is 10.6 Å². The molecule has 3 aliphatic rings. The van der Waals surface area contributed by atoms with Gasteiger partial charge in [-0.2, -0.15) is 0 Å². The van der Waals surface area contributed by atoms with Crippen LogP contribution >= 0.6 is 0 Å². The van der Waals surface area contributed by atoms with E-state index >= 15 is 0 Å². The molecule has 1 aliphatic heterocycles. The second-order valence-corrected chi connectivity index (χ2v) is 7.41. The van der Waals surface area contributed by atoms with Crippen LogP contribution in [0.25, 0.3) is 0 Å². The number of likely N-dealkylation sites (N-methyl/N-ethyl adjacent to an activating group) is 1. The summed E-state index contributed by atoms with van der Waals surface area (Å²) >= 11 is 0. The summed E-state index contributed by atoms with van der Waals surface area (Å²) in [6.07, 6.45) is 11.3. The average molecular weight is 279 g/mol. The van der Waals surface area contributed by atoms with Gasteiger partial charge in [0, 0.05) is 30.7 Å². The number of nitrogens with one attached hydrogen (secondary N) is 2. The fraction of sp³-hybridized carbons (Fsp3) is 1.00. The maximum Gasteiger partial charge on any atom is 0.0192 e. The molecule has 20 heavy (non-hydrogen) atoms. The van der Waals surface area contributed by atoms with Gasteiger partial charge in [0.2, 0.25) is 0 Å². The smallest absolute Gasteiger partial charge is 0.0192 e. The summed E-state index contributed by atoms with van der Waals surface area (Å²) in [6.45, 7) is 4.80. The number of rotatable bonds is 6. The van der Waals surface area contributed by atoms with Gasteiger partial charge in [0.1, 0.15) is 0 Å². The lowest BCUT2D eigenvalue weighted by atomic mass is 9.79. The third-order valence-electron chi connectivity index (χ3n) is 5.93. The highest BCUT2D eigenvalue weighted by molar-refractivity contribution is 4.93. The SMILES string of the molecule is CC(CNC1CCCCC1C1CCCN1)N(C)C1CC1. The molecule has 2 saturated carbocycles. The Labute approximate surface area is 124 Å². The van der Waals surface area contributed by atoms with Crippen molar-refractivity contribution < 1.29 is 0 Å². The Hall–Kier alpha value is -0.120. The molecular formula is C17H33N3.